The smallest absolute Gasteiger partial charge is 0.253 e. The third kappa shape index (κ3) is 5.04. The molecule has 2 aliphatic rings. The molecule has 31 heavy (non-hydrogen) atoms. The highest BCUT2D eigenvalue weighted by Crippen LogP contribution is 2.23. The first-order chi connectivity index (χ1) is 15.1. The molecule has 2 heterocycles. The molecule has 0 aliphatic carbocycles. The number of amides is 2. The number of likely N-dealkylation sites (tertiary alicyclic amines) is 2. The molecule has 5 nitrogen and oxygen atoms in total. The van der Waals surface area contributed by atoms with Gasteiger partial charge < -0.3 is 9.80 Å². The molecular weight excluding hydrogens is 388 g/mol. The normalized spacial score (nSPS) is 17.8. The maximum absolute atomic E-state index is 12.9. The van der Waals surface area contributed by atoms with Crippen LogP contribution in [0.3, 0.4) is 0 Å². The fourth-order valence-electron chi connectivity index (χ4n) is 4.58. The third-order valence-corrected chi connectivity index (χ3v) is 6.48. The summed E-state index contributed by atoms with van der Waals surface area (Å²) < 4.78 is 0. The first kappa shape index (κ1) is 21.3. The van der Waals surface area contributed by atoms with Gasteiger partial charge in [0.25, 0.3) is 5.91 Å². The Morgan fingerprint density at radius 2 is 1.16 bits per heavy atom. The predicted octanol–water partition coefficient (Wildman–Crippen LogP) is 4.17. The highest BCUT2D eigenvalue weighted by Gasteiger charge is 2.30. The Balaban J connectivity index is 1.33. The minimum atomic E-state index is -0.0487. The Labute approximate surface area is 184 Å². The van der Waals surface area contributed by atoms with E-state index in [-0.39, 0.29) is 23.5 Å². The van der Waals surface area contributed by atoms with Crippen molar-refractivity contribution in [3.63, 3.8) is 0 Å². The van der Waals surface area contributed by atoms with Crippen molar-refractivity contribution in [2.45, 2.75) is 38.5 Å². The minimum Gasteiger partial charge on any atom is -0.342 e. The number of carbonyl (C=O) groups is 3. The van der Waals surface area contributed by atoms with Gasteiger partial charge in [-0.3, -0.25) is 14.4 Å². The first-order valence-electron chi connectivity index (χ1n) is 11.4. The van der Waals surface area contributed by atoms with Crippen molar-refractivity contribution in [3.8, 4) is 0 Å². The van der Waals surface area contributed by atoms with Gasteiger partial charge in [-0.2, -0.15) is 0 Å². The van der Waals surface area contributed by atoms with Gasteiger partial charge >= 0.3 is 0 Å². The van der Waals surface area contributed by atoms with E-state index in [1.807, 2.05) is 28.0 Å². The van der Waals surface area contributed by atoms with Crippen LogP contribution in [0.4, 0.5) is 0 Å². The highest BCUT2D eigenvalue weighted by atomic mass is 16.2. The van der Waals surface area contributed by atoms with Gasteiger partial charge in [0.15, 0.2) is 5.78 Å². The quantitative estimate of drug-likeness (QED) is 0.700. The summed E-state index contributed by atoms with van der Waals surface area (Å²) in [5.41, 5.74) is 1.80. The standard InChI is InChI=1S/C26H30N2O3/c29-24(20-8-4-3-5-9-20)21-10-12-22(13-11-21)25(30)28-18-14-23(15-19-28)26(31)27-16-6-1-2-7-17-27/h3-5,8-13,23H,1-2,6-7,14-19H2. The molecule has 0 bridgehead atoms. The van der Waals surface area contributed by atoms with E-state index in [0.29, 0.717) is 29.8 Å². The summed E-state index contributed by atoms with van der Waals surface area (Å²) in [6.07, 6.45) is 6.09. The first-order valence-corrected chi connectivity index (χ1v) is 11.4. The number of benzene rings is 2. The van der Waals surface area contributed by atoms with E-state index in [4.69, 9.17) is 0 Å². The monoisotopic (exact) mass is 418 g/mol. The van der Waals surface area contributed by atoms with Gasteiger partial charge in [0, 0.05) is 48.8 Å². The molecule has 0 atom stereocenters. The van der Waals surface area contributed by atoms with Gasteiger partial charge in [-0.1, -0.05) is 55.3 Å². The van der Waals surface area contributed by atoms with Crippen LogP contribution in [0.1, 0.15) is 64.8 Å². The Morgan fingerprint density at radius 3 is 1.77 bits per heavy atom. The lowest BCUT2D eigenvalue weighted by Crippen LogP contribution is -2.44. The van der Waals surface area contributed by atoms with E-state index >= 15 is 0 Å². The van der Waals surface area contributed by atoms with Crippen LogP contribution < -0.4 is 0 Å². The van der Waals surface area contributed by atoms with E-state index in [2.05, 4.69) is 0 Å². The Morgan fingerprint density at radius 1 is 0.613 bits per heavy atom. The number of ketones is 1. The van der Waals surface area contributed by atoms with Crippen LogP contribution in [0, 0.1) is 5.92 Å². The average molecular weight is 419 g/mol. The van der Waals surface area contributed by atoms with E-state index < -0.39 is 0 Å². The number of nitrogens with zero attached hydrogens (tertiary/aromatic N) is 2. The van der Waals surface area contributed by atoms with Crippen LogP contribution >= 0.6 is 0 Å². The largest absolute Gasteiger partial charge is 0.342 e. The lowest BCUT2D eigenvalue weighted by atomic mass is 9.94. The topological polar surface area (TPSA) is 57.7 Å². The molecule has 2 fully saturated rings. The van der Waals surface area contributed by atoms with Gasteiger partial charge in [-0.25, -0.2) is 0 Å². The van der Waals surface area contributed by atoms with Crippen LogP contribution in [-0.2, 0) is 4.79 Å². The lowest BCUT2D eigenvalue weighted by Gasteiger charge is -2.34. The van der Waals surface area contributed by atoms with E-state index in [1.54, 1.807) is 36.4 Å². The third-order valence-electron chi connectivity index (χ3n) is 6.48. The number of piperidine rings is 1. The van der Waals surface area contributed by atoms with Gasteiger partial charge in [-0.05, 0) is 37.8 Å². The molecule has 0 radical (unpaired) electrons. The fraction of sp³-hybridized carbons (Fsp3) is 0.423. The summed E-state index contributed by atoms with van der Waals surface area (Å²) in [5.74, 6) is 0.234. The molecule has 4 rings (SSSR count). The zero-order valence-corrected chi connectivity index (χ0v) is 18.0. The van der Waals surface area contributed by atoms with Crippen molar-refractivity contribution in [2.75, 3.05) is 26.2 Å². The van der Waals surface area contributed by atoms with E-state index in [9.17, 15) is 14.4 Å². The van der Waals surface area contributed by atoms with Crippen LogP contribution in [0.15, 0.2) is 54.6 Å². The molecule has 0 N–H and O–H groups in total. The summed E-state index contributed by atoms with van der Waals surface area (Å²) in [6, 6.07) is 16.0. The molecule has 162 valence electrons. The molecule has 0 aromatic heterocycles. The van der Waals surface area contributed by atoms with Crippen LogP contribution in [-0.4, -0.2) is 53.6 Å². The van der Waals surface area contributed by atoms with Gasteiger partial charge in [-0.15, -0.1) is 0 Å². The van der Waals surface area contributed by atoms with Gasteiger partial charge in [0.2, 0.25) is 5.91 Å². The van der Waals surface area contributed by atoms with Crippen LogP contribution in [0.25, 0.3) is 0 Å². The van der Waals surface area contributed by atoms with Crippen molar-refractivity contribution in [3.05, 3.63) is 71.3 Å². The van der Waals surface area contributed by atoms with Crippen molar-refractivity contribution >= 4 is 17.6 Å². The zero-order chi connectivity index (χ0) is 21.6. The maximum Gasteiger partial charge on any atom is 0.253 e. The molecule has 2 aromatic carbocycles. The van der Waals surface area contributed by atoms with Gasteiger partial charge in [0.1, 0.15) is 0 Å². The molecule has 0 unspecified atom stereocenters. The molecule has 2 aromatic rings. The maximum atomic E-state index is 12.9. The lowest BCUT2D eigenvalue weighted by molar-refractivity contribution is -0.136. The van der Waals surface area contributed by atoms with Crippen LogP contribution in [0.5, 0.6) is 0 Å². The number of hydrogen-bond donors (Lipinski definition) is 0. The second-order valence-corrected chi connectivity index (χ2v) is 8.58. The minimum absolute atomic E-state index is 0.0284. The molecule has 5 heteroatoms. The van der Waals surface area contributed by atoms with E-state index in [1.165, 1.54) is 12.8 Å². The Kier molecular flexibility index (Phi) is 6.80. The average Bonchev–Trinajstić information content (AvgIpc) is 3.13. The molecule has 0 saturated carbocycles. The number of hydrogen-bond acceptors (Lipinski definition) is 3. The van der Waals surface area contributed by atoms with Crippen molar-refractivity contribution in [1.82, 2.24) is 9.80 Å². The predicted molar refractivity (Wildman–Crippen MR) is 120 cm³/mol. The van der Waals surface area contributed by atoms with Gasteiger partial charge in [0.05, 0.1) is 0 Å². The molecule has 2 aliphatic heterocycles. The molecular formula is C26H30N2O3. The summed E-state index contributed by atoms with van der Waals surface area (Å²) in [7, 11) is 0. The second-order valence-electron chi connectivity index (χ2n) is 8.58. The highest BCUT2D eigenvalue weighted by molar-refractivity contribution is 6.09. The molecule has 0 spiro atoms. The summed E-state index contributed by atoms with van der Waals surface area (Å²) in [6.45, 7) is 2.97. The summed E-state index contributed by atoms with van der Waals surface area (Å²) in [4.78, 5) is 42.2. The van der Waals surface area contributed by atoms with Crippen molar-refractivity contribution < 1.29 is 14.4 Å². The SMILES string of the molecule is O=C(c1ccccc1)c1ccc(C(=O)N2CCC(C(=O)N3CCCCCC3)CC2)cc1. The summed E-state index contributed by atoms with van der Waals surface area (Å²) >= 11 is 0. The number of carbonyl (C=O) groups excluding carboxylic acids is 3. The number of rotatable bonds is 4. The Hall–Kier alpha value is -2.95. The summed E-state index contributed by atoms with van der Waals surface area (Å²) in [5, 5.41) is 0. The van der Waals surface area contributed by atoms with E-state index in [0.717, 1.165) is 38.8 Å². The zero-order valence-electron chi connectivity index (χ0n) is 18.0. The van der Waals surface area contributed by atoms with Crippen LogP contribution in [0.2, 0.25) is 0 Å². The van der Waals surface area contributed by atoms with Crippen molar-refractivity contribution in [1.29, 1.82) is 0 Å². The Bertz CT molecular complexity index is 907. The molecule has 2 amide bonds. The second kappa shape index (κ2) is 9.90. The molecule has 2 saturated heterocycles. The fourth-order valence-corrected chi connectivity index (χ4v) is 4.58. The van der Waals surface area contributed by atoms with Crippen molar-refractivity contribution in [2.24, 2.45) is 5.92 Å².